The zero-order valence-electron chi connectivity index (χ0n) is 18.1. The van der Waals surface area contributed by atoms with E-state index in [1.165, 1.54) is 16.7 Å². The molecule has 0 aromatic heterocycles. The van der Waals surface area contributed by atoms with E-state index in [9.17, 15) is 14.9 Å². The molecule has 0 spiro atoms. The Morgan fingerprint density at radius 3 is 2.32 bits per heavy atom. The Kier molecular flexibility index (Phi) is 7.28. The van der Waals surface area contributed by atoms with Crippen LogP contribution >= 0.6 is 35.0 Å². The van der Waals surface area contributed by atoms with Gasteiger partial charge < -0.3 is 5.32 Å². The van der Waals surface area contributed by atoms with Crippen LogP contribution in [0.3, 0.4) is 0 Å². The van der Waals surface area contributed by atoms with Gasteiger partial charge in [0.25, 0.3) is 5.91 Å². The van der Waals surface area contributed by atoms with Crippen LogP contribution in [0.15, 0.2) is 83.4 Å². The summed E-state index contributed by atoms with van der Waals surface area (Å²) < 4.78 is 0. The first-order valence-electron chi connectivity index (χ1n) is 10.4. The minimum Gasteiger partial charge on any atom is -0.320 e. The van der Waals surface area contributed by atoms with Gasteiger partial charge in [0.2, 0.25) is 5.91 Å². The first-order valence-corrected chi connectivity index (χ1v) is 12.0. The zero-order valence-corrected chi connectivity index (χ0v) is 20.4. The minimum absolute atomic E-state index is 0.166. The fourth-order valence-corrected chi connectivity index (χ4v) is 5.22. The van der Waals surface area contributed by atoms with Gasteiger partial charge in [0.1, 0.15) is 16.7 Å². The number of thioether (sulfide) groups is 1. The van der Waals surface area contributed by atoms with Crippen LogP contribution in [-0.2, 0) is 16.0 Å². The Bertz CT molecular complexity index is 1330. The second-order valence-corrected chi connectivity index (χ2v) is 9.64. The number of halogens is 2. The van der Waals surface area contributed by atoms with Crippen molar-refractivity contribution in [1.29, 1.82) is 5.26 Å². The first-order chi connectivity index (χ1) is 16.4. The molecule has 3 aromatic rings. The molecule has 5 nitrogen and oxygen atoms in total. The molecule has 1 aliphatic heterocycles. The zero-order chi connectivity index (χ0) is 24.2. The van der Waals surface area contributed by atoms with Crippen LogP contribution in [0, 0.1) is 18.3 Å². The number of aryl methyl sites for hydroxylation is 1. The average Bonchev–Trinajstić information content (AvgIpc) is 3.13. The maximum absolute atomic E-state index is 13.5. The number of carbonyl (C=O) groups is 2. The van der Waals surface area contributed by atoms with Crippen LogP contribution in [0.2, 0.25) is 10.0 Å². The summed E-state index contributed by atoms with van der Waals surface area (Å²) in [6.07, 6.45) is 0.361. The molecule has 8 heteroatoms. The molecule has 0 radical (unpaired) electrons. The Balaban J connectivity index is 1.75. The summed E-state index contributed by atoms with van der Waals surface area (Å²) in [5.74, 6) is -0.858. The quantitative estimate of drug-likeness (QED) is 0.321. The van der Waals surface area contributed by atoms with Crippen LogP contribution in [0.25, 0.3) is 0 Å². The number of para-hydroxylation sites is 1. The lowest BCUT2D eigenvalue weighted by Crippen LogP contribution is -2.31. The van der Waals surface area contributed by atoms with Gasteiger partial charge in [-0.3, -0.25) is 14.5 Å². The molecule has 1 unspecified atom stereocenters. The summed E-state index contributed by atoms with van der Waals surface area (Å²) in [7, 11) is 0. The van der Waals surface area contributed by atoms with Crippen molar-refractivity contribution >= 4 is 58.2 Å². The molecule has 0 aliphatic carbocycles. The maximum atomic E-state index is 13.5. The van der Waals surface area contributed by atoms with Gasteiger partial charge in [-0.1, -0.05) is 83.0 Å². The van der Waals surface area contributed by atoms with Crippen molar-refractivity contribution in [2.75, 3.05) is 10.2 Å². The van der Waals surface area contributed by atoms with E-state index >= 15 is 0 Å². The Labute approximate surface area is 212 Å². The molecule has 1 atom stereocenters. The van der Waals surface area contributed by atoms with Crippen molar-refractivity contribution < 1.29 is 9.59 Å². The van der Waals surface area contributed by atoms with Gasteiger partial charge in [-0.25, -0.2) is 0 Å². The third-order valence-corrected chi connectivity index (χ3v) is 7.24. The molecule has 170 valence electrons. The second kappa shape index (κ2) is 10.4. The summed E-state index contributed by atoms with van der Waals surface area (Å²) in [5, 5.41) is 13.3. The Hall–Kier alpha value is -3.24. The molecule has 1 fully saturated rings. The first kappa shape index (κ1) is 23.9. The molecule has 1 N–H and O–H groups in total. The van der Waals surface area contributed by atoms with Crippen molar-refractivity contribution in [3.05, 3.63) is 105 Å². The number of nitrogens with one attached hydrogen (secondary N) is 1. The van der Waals surface area contributed by atoms with Crippen molar-refractivity contribution in [3.8, 4) is 6.07 Å². The highest BCUT2D eigenvalue weighted by Crippen LogP contribution is 2.42. The normalized spacial score (nSPS) is 16.8. The molecule has 34 heavy (non-hydrogen) atoms. The van der Waals surface area contributed by atoms with Crippen molar-refractivity contribution in [2.24, 2.45) is 0 Å². The number of benzene rings is 3. The number of carbonyl (C=O) groups excluding carboxylic acids is 2. The summed E-state index contributed by atoms with van der Waals surface area (Å²) in [6.45, 7) is 1.94. The third kappa shape index (κ3) is 4.97. The number of nitriles is 1. The molecule has 3 aromatic carbocycles. The number of nitrogens with zero attached hydrogens (tertiary/aromatic N) is 2. The topological polar surface area (TPSA) is 73.2 Å². The van der Waals surface area contributed by atoms with Crippen molar-refractivity contribution in [3.63, 3.8) is 0 Å². The van der Waals surface area contributed by atoms with Crippen LogP contribution < -0.4 is 10.2 Å². The lowest BCUT2D eigenvalue weighted by Gasteiger charge is -2.19. The summed E-state index contributed by atoms with van der Waals surface area (Å²) in [4.78, 5) is 28.1. The standard InChI is InChI=1S/C26H19Cl2N3O2S/c1-16-10-12-18(13-11-16)31-25(33)23(14-17-6-2-3-7-20(17)27)34-26(31)19(15-29)24(32)30-22-9-5-4-8-21(22)28/h2-13,23H,14H2,1H3,(H,30,32). The lowest BCUT2D eigenvalue weighted by atomic mass is 10.1. The highest BCUT2D eigenvalue weighted by molar-refractivity contribution is 8.05. The summed E-state index contributed by atoms with van der Waals surface area (Å²) >= 11 is 13.7. The van der Waals surface area contributed by atoms with Gasteiger partial charge in [0, 0.05) is 10.7 Å². The Morgan fingerprint density at radius 2 is 1.68 bits per heavy atom. The van der Waals surface area contributed by atoms with E-state index in [2.05, 4.69) is 5.32 Å². The summed E-state index contributed by atoms with van der Waals surface area (Å²) in [5.41, 5.74) is 2.64. The largest absolute Gasteiger partial charge is 0.320 e. The predicted octanol–water partition coefficient (Wildman–Crippen LogP) is 6.37. The molecule has 0 bridgehead atoms. The van der Waals surface area contributed by atoms with Crippen molar-refractivity contribution in [1.82, 2.24) is 0 Å². The van der Waals surface area contributed by atoms with Crippen LogP contribution in [0.4, 0.5) is 11.4 Å². The SMILES string of the molecule is Cc1ccc(N2C(=O)C(Cc3ccccc3Cl)SC2=C(C#N)C(=O)Nc2ccccc2Cl)cc1. The number of anilines is 2. The highest BCUT2D eigenvalue weighted by Gasteiger charge is 2.41. The smallest absolute Gasteiger partial charge is 0.269 e. The fourth-order valence-electron chi connectivity index (χ4n) is 3.53. The van der Waals surface area contributed by atoms with E-state index in [1.807, 2.05) is 43.3 Å². The second-order valence-electron chi connectivity index (χ2n) is 7.64. The number of amides is 2. The van der Waals surface area contributed by atoms with E-state index < -0.39 is 11.2 Å². The van der Waals surface area contributed by atoms with E-state index in [-0.39, 0.29) is 16.5 Å². The lowest BCUT2D eigenvalue weighted by molar-refractivity contribution is -0.117. The summed E-state index contributed by atoms with van der Waals surface area (Å²) in [6, 6.07) is 23.4. The van der Waals surface area contributed by atoms with Gasteiger partial charge in [-0.15, -0.1) is 0 Å². The van der Waals surface area contributed by atoms with Gasteiger partial charge in [0.15, 0.2) is 0 Å². The molecule has 1 aliphatic rings. The third-order valence-electron chi connectivity index (χ3n) is 5.28. The molecular formula is C26H19Cl2N3O2S. The van der Waals surface area contributed by atoms with Crippen LogP contribution in [0.1, 0.15) is 11.1 Å². The molecular weight excluding hydrogens is 489 g/mol. The van der Waals surface area contributed by atoms with Gasteiger partial charge >= 0.3 is 0 Å². The average molecular weight is 508 g/mol. The monoisotopic (exact) mass is 507 g/mol. The predicted molar refractivity (Wildman–Crippen MR) is 138 cm³/mol. The molecule has 1 heterocycles. The molecule has 0 saturated carbocycles. The van der Waals surface area contributed by atoms with E-state index in [1.54, 1.807) is 42.5 Å². The number of hydrogen-bond donors (Lipinski definition) is 1. The molecule has 4 rings (SSSR count). The molecule has 1 saturated heterocycles. The van der Waals surface area contributed by atoms with Gasteiger partial charge in [-0.2, -0.15) is 5.26 Å². The van der Waals surface area contributed by atoms with E-state index in [4.69, 9.17) is 23.2 Å². The minimum atomic E-state index is -0.638. The number of rotatable bonds is 5. The number of hydrogen-bond acceptors (Lipinski definition) is 4. The maximum Gasteiger partial charge on any atom is 0.269 e. The highest BCUT2D eigenvalue weighted by atomic mass is 35.5. The van der Waals surface area contributed by atoms with Gasteiger partial charge in [0.05, 0.1) is 16.0 Å². The van der Waals surface area contributed by atoms with E-state index in [0.29, 0.717) is 27.8 Å². The van der Waals surface area contributed by atoms with Crippen molar-refractivity contribution in [2.45, 2.75) is 18.6 Å². The Morgan fingerprint density at radius 1 is 1.03 bits per heavy atom. The molecule has 2 amide bonds. The van der Waals surface area contributed by atoms with Crippen LogP contribution in [0.5, 0.6) is 0 Å². The van der Waals surface area contributed by atoms with E-state index in [0.717, 1.165) is 11.1 Å². The van der Waals surface area contributed by atoms with Crippen LogP contribution in [-0.4, -0.2) is 17.1 Å². The fraction of sp³-hybridized carbons (Fsp3) is 0.115. The van der Waals surface area contributed by atoms with Gasteiger partial charge in [-0.05, 0) is 49.2 Å².